The van der Waals surface area contributed by atoms with Crippen molar-refractivity contribution in [3.05, 3.63) is 70.7 Å². The number of carbonyl (C=O) groups is 2. The average molecular weight is 372 g/mol. The maximum Gasteiger partial charge on any atom is 0.339 e. The molecule has 1 atom stereocenters. The van der Waals surface area contributed by atoms with Crippen LogP contribution in [-0.2, 0) is 14.3 Å². The van der Waals surface area contributed by atoms with Crippen LogP contribution in [0.15, 0.2) is 54.6 Å². The Balaban J connectivity index is 2.18. The van der Waals surface area contributed by atoms with Crippen LogP contribution in [0.2, 0.25) is 5.02 Å². The lowest BCUT2D eigenvalue weighted by atomic mass is 10.0. The van der Waals surface area contributed by atoms with Crippen molar-refractivity contribution in [1.29, 1.82) is 0 Å². The van der Waals surface area contributed by atoms with Crippen LogP contribution in [0.3, 0.4) is 0 Å². The molecule has 2 aromatic carbocycles. The molecule has 0 heterocycles. The number of rotatable bonds is 7. The fourth-order valence-corrected chi connectivity index (χ4v) is 2.36. The van der Waals surface area contributed by atoms with Crippen molar-refractivity contribution in [2.75, 3.05) is 6.61 Å². The van der Waals surface area contributed by atoms with Crippen LogP contribution in [0.25, 0.3) is 11.6 Å². The summed E-state index contributed by atoms with van der Waals surface area (Å²) in [5.74, 6) is -0.877. The molecule has 4 nitrogen and oxygen atoms in total. The molecule has 0 aliphatic carbocycles. The van der Waals surface area contributed by atoms with Gasteiger partial charge < -0.3 is 10.1 Å². The average Bonchev–Trinajstić information content (AvgIpc) is 2.65. The van der Waals surface area contributed by atoms with Gasteiger partial charge in [0.25, 0.3) is 5.91 Å². The summed E-state index contributed by atoms with van der Waals surface area (Å²) in [5.41, 5.74) is 1.90. The molecule has 0 saturated heterocycles. The summed E-state index contributed by atoms with van der Waals surface area (Å²) in [5, 5.41) is 3.35. The van der Waals surface area contributed by atoms with Crippen LogP contribution in [-0.4, -0.2) is 24.5 Å². The minimum atomic E-state index is -0.560. The van der Waals surface area contributed by atoms with Crippen molar-refractivity contribution >= 4 is 35.1 Å². The number of esters is 1. The highest BCUT2D eigenvalue weighted by Crippen LogP contribution is 2.22. The van der Waals surface area contributed by atoms with Crippen LogP contribution in [0.4, 0.5) is 0 Å². The van der Waals surface area contributed by atoms with Gasteiger partial charge >= 0.3 is 5.97 Å². The molecule has 2 aromatic rings. The van der Waals surface area contributed by atoms with Crippen molar-refractivity contribution in [1.82, 2.24) is 5.32 Å². The van der Waals surface area contributed by atoms with Crippen molar-refractivity contribution in [3.8, 4) is 0 Å². The first kappa shape index (κ1) is 19.7. The van der Waals surface area contributed by atoms with E-state index in [-0.39, 0.29) is 18.6 Å². The minimum absolute atomic E-state index is 0.0387. The molecule has 5 heteroatoms. The molecule has 0 spiro atoms. The molecule has 1 amide bonds. The third kappa shape index (κ3) is 6.05. The van der Waals surface area contributed by atoms with E-state index >= 15 is 0 Å². The van der Waals surface area contributed by atoms with E-state index in [1.807, 2.05) is 44.2 Å². The van der Waals surface area contributed by atoms with Crippen molar-refractivity contribution < 1.29 is 14.3 Å². The van der Waals surface area contributed by atoms with Crippen LogP contribution >= 0.6 is 11.6 Å². The van der Waals surface area contributed by atoms with E-state index in [1.54, 1.807) is 30.3 Å². The Labute approximate surface area is 158 Å². The van der Waals surface area contributed by atoms with Gasteiger partial charge in [-0.05, 0) is 42.7 Å². The molecule has 26 heavy (non-hydrogen) atoms. The van der Waals surface area contributed by atoms with Crippen LogP contribution in [0.5, 0.6) is 0 Å². The summed E-state index contributed by atoms with van der Waals surface area (Å²) in [6.07, 6.45) is 2.54. The molecule has 0 aliphatic rings. The maximum atomic E-state index is 12.6. The molecule has 0 aliphatic heterocycles. The number of amides is 1. The fraction of sp³-hybridized carbons (Fsp3) is 0.238. The van der Waals surface area contributed by atoms with Gasteiger partial charge in [0.15, 0.2) is 6.61 Å². The van der Waals surface area contributed by atoms with E-state index in [0.717, 1.165) is 12.0 Å². The molecular weight excluding hydrogens is 350 g/mol. The summed E-state index contributed by atoms with van der Waals surface area (Å²) in [4.78, 5) is 24.4. The van der Waals surface area contributed by atoms with E-state index in [1.165, 1.54) is 0 Å². The van der Waals surface area contributed by atoms with Crippen LogP contribution < -0.4 is 5.32 Å². The SMILES string of the molecule is CC[C@@H](C)NC(=O)COC(=O)/C(=C/c1ccccc1)c1ccc(Cl)cc1. The second kappa shape index (κ2) is 9.78. The molecule has 0 bridgehead atoms. The van der Waals surface area contributed by atoms with Gasteiger partial charge in [0.1, 0.15) is 0 Å². The molecule has 0 unspecified atom stereocenters. The molecule has 0 radical (unpaired) electrons. The zero-order valence-corrected chi connectivity index (χ0v) is 15.6. The Hall–Kier alpha value is -2.59. The highest BCUT2D eigenvalue weighted by atomic mass is 35.5. The van der Waals surface area contributed by atoms with Gasteiger partial charge in [0.05, 0.1) is 5.57 Å². The van der Waals surface area contributed by atoms with Gasteiger partial charge in [-0.2, -0.15) is 0 Å². The zero-order valence-electron chi connectivity index (χ0n) is 14.9. The minimum Gasteiger partial charge on any atom is -0.452 e. The van der Waals surface area contributed by atoms with Gasteiger partial charge in [-0.25, -0.2) is 4.79 Å². The summed E-state index contributed by atoms with van der Waals surface area (Å²) in [6.45, 7) is 3.55. The van der Waals surface area contributed by atoms with E-state index in [2.05, 4.69) is 5.32 Å². The number of hydrogen-bond acceptors (Lipinski definition) is 3. The summed E-state index contributed by atoms with van der Waals surface area (Å²) >= 11 is 5.93. The Bertz CT molecular complexity index is 770. The Morgan fingerprint density at radius 3 is 2.38 bits per heavy atom. The molecule has 2 rings (SSSR count). The summed E-state index contributed by atoms with van der Waals surface area (Å²) in [6, 6.07) is 16.4. The quantitative estimate of drug-likeness (QED) is 0.447. The fourth-order valence-electron chi connectivity index (χ4n) is 2.23. The Morgan fingerprint density at radius 2 is 1.77 bits per heavy atom. The number of halogens is 1. The number of ether oxygens (including phenoxy) is 1. The van der Waals surface area contributed by atoms with E-state index in [9.17, 15) is 9.59 Å². The summed E-state index contributed by atoms with van der Waals surface area (Å²) in [7, 11) is 0. The normalized spacial score (nSPS) is 12.3. The predicted molar refractivity (Wildman–Crippen MR) is 105 cm³/mol. The van der Waals surface area contributed by atoms with Gasteiger partial charge in [-0.1, -0.05) is 61.0 Å². The second-order valence-corrected chi connectivity index (χ2v) is 6.36. The topological polar surface area (TPSA) is 55.4 Å². The lowest BCUT2D eigenvalue weighted by molar-refractivity contribution is -0.143. The van der Waals surface area contributed by atoms with Crippen molar-refractivity contribution in [3.63, 3.8) is 0 Å². The third-order valence-electron chi connectivity index (χ3n) is 3.84. The molecule has 0 saturated carbocycles. The number of nitrogens with one attached hydrogen (secondary N) is 1. The monoisotopic (exact) mass is 371 g/mol. The van der Waals surface area contributed by atoms with Crippen molar-refractivity contribution in [2.45, 2.75) is 26.3 Å². The van der Waals surface area contributed by atoms with E-state index in [0.29, 0.717) is 16.2 Å². The second-order valence-electron chi connectivity index (χ2n) is 5.93. The first-order valence-corrected chi connectivity index (χ1v) is 8.86. The van der Waals surface area contributed by atoms with Gasteiger partial charge in [0, 0.05) is 11.1 Å². The maximum absolute atomic E-state index is 12.6. The van der Waals surface area contributed by atoms with E-state index < -0.39 is 5.97 Å². The highest BCUT2D eigenvalue weighted by Gasteiger charge is 2.16. The van der Waals surface area contributed by atoms with Gasteiger partial charge in [-0.3, -0.25) is 4.79 Å². The van der Waals surface area contributed by atoms with Crippen LogP contribution in [0, 0.1) is 0 Å². The largest absolute Gasteiger partial charge is 0.452 e. The smallest absolute Gasteiger partial charge is 0.339 e. The van der Waals surface area contributed by atoms with Gasteiger partial charge in [0.2, 0.25) is 0 Å². The molecule has 0 aromatic heterocycles. The first-order chi connectivity index (χ1) is 12.5. The Morgan fingerprint density at radius 1 is 1.12 bits per heavy atom. The summed E-state index contributed by atoms with van der Waals surface area (Å²) < 4.78 is 5.22. The number of hydrogen-bond donors (Lipinski definition) is 1. The Kier molecular flexibility index (Phi) is 7.42. The lowest BCUT2D eigenvalue weighted by Gasteiger charge is -2.12. The predicted octanol–water partition coefficient (Wildman–Crippen LogP) is 4.34. The van der Waals surface area contributed by atoms with Crippen molar-refractivity contribution in [2.24, 2.45) is 0 Å². The van der Waals surface area contributed by atoms with E-state index in [4.69, 9.17) is 16.3 Å². The molecule has 136 valence electrons. The van der Waals surface area contributed by atoms with Crippen LogP contribution in [0.1, 0.15) is 31.4 Å². The standard InChI is InChI=1S/C21H22ClNO3/c1-3-15(2)23-20(24)14-26-21(25)19(13-16-7-5-4-6-8-16)17-9-11-18(22)12-10-17/h4-13,15H,3,14H2,1-2H3,(H,23,24)/b19-13+/t15-/m1/s1. The third-order valence-corrected chi connectivity index (χ3v) is 4.09. The lowest BCUT2D eigenvalue weighted by Crippen LogP contribution is -2.35. The molecular formula is C21H22ClNO3. The zero-order chi connectivity index (χ0) is 18.9. The number of carbonyl (C=O) groups excluding carboxylic acids is 2. The highest BCUT2D eigenvalue weighted by molar-refractivity contribution is 6.30. The molecule has 1 N–H and O–H groups in total. The number of benzene rings is 2. The molecule has 0 fully saturated rings. The van der Waals surface area contributed by atoms with Gasteiger partial charge in [-0.15, -0.1) is 0 Å². The first-order valence-electron chi connectivity index (χ1n) is 8.48.